The molecule has 1 aromatic rings. The van der Waals surface area contributed by atoms with Gasteiger partial charge in [-0.3, -0.25) is 0 Å². The first-order chi connectivity index (χ1) is 6.15. The van der Waals surface area contributed by atoms with Gasteiger partial charge in [0.25, 0.3) is 0 Å². The van der Waals surface area contributed by atoms with Gasteiger partial charge in [0.15, 0.2) is 0 Å². The van der Waals surface area contributed by atoms with Crippen LogP contribution >= 0.6 is 0 Å². The van der Waals surface area contributed by atoms with Crippen molar-refractivity contribution < 1.29 is 15.3 Å². The summed E-state index contributed by atoms with van der Waals surface area (Å²) in [6.07, 6.45) is 0.358. The number of phenols is 2. The lowest BCUT2D eigenvalue weighted by atomic mass is 10.0. The Morgan fingerprint density at radius 3 is 2.62 bits per heavy atom. The first-order valence-corrected chi connectivity index (χ1v) is 4.03. The van der Waals surface area contributed by atoms with Crippen LogP contribution in [-0.2, 0) is 0 Å². The molecule has 0 aliphatic rings. The molecule has 0 heterocycles. The summed E-state index contributed by atoms with van der Waals surface area (Å²) in [5.41, 5.74) is 6.10. The van der Waals surface area contributed by atoms with Crippen molar-refractivity contribution in [3.05, 3.63) is 23.8 Å². The van der Waals surface area contributed by atoms with Gasteiger partial charge in [-0.1, -0.05) is 0 Å². The van der Waals surface area contributed by atoms with E-state index in [0.717, 1.165) is 0 Å². The third-order valence-corrected chi connectivity index (χ3v) is 1.85. The highest BCUT2D eigenvalue weighted by Gasteiger charge is 2.10. The zero-order valence-corrected chi connectivity index (χ0v) is 7.14. The molecule has 0 aliphatic heterocycles. The highest BCUT2D eigenvalue weighted by Crippen LogP contribution is 2.27. The van der Waals surface area contributed by atoms with Crippen LogP contribution < -0.4 is 5.73 Å². The zero-order valence-electron chi connectivity index (χ0n) is 7.14. The Bertz CT molecular complexity index is 288. The van der Waals surface area contributed by atoms with Gasteiger partial charge < -0.3 is 21.1 Å². The molecule has 0 fully saturated rings. The maximum atomic E-state index is 9.36. The van der Waals surface area contributed by atoms with Crippen molar-refractivity contribution in [3.8, 4) is 11.5 Å². The number of aromatic hydroxyl groups is 2. The lowest BCUT2D eigenvalue weighted by molar-refractivity contribution is 0.275. The number of hydrogen-bond donors (Lipinski definition) is 4. The van der Waals surface area contributed by atoms with Crippen LogP contribution in [0.1, 0.15) is 18.0 Å². The minimum absolute atomic E-state index is 0.0405. The third kappa shape index (κ3) is 2.34. The van der Waals surface area contributed by atoms with Gasteiger partial charge in [-0.2, -0.15) is 0 Å². The van der Waals surface area contributed by atoms with Crippen LogP contribution in [0.3, 0.4) is 0 Å². The Morgan fingerprint density at radius 1 is 1.31 bits per heavy atom. The number of benzene rings is 1. The van der Waals surface area contributed by atoms with Crippen molar-refractivity contribution >= 4 is 0 Å². The van der Waals surface area contributed by atoms with Crippen LogP contribution in [-0.4, -0.2) is 21.9 Å². The first kappa shape index (κ1) is 9.83. The van der Waals surface area contributed by atoms with Crippen molar-refractivity contribution in [1.29, 1.82) is 0 Å². The topological polar surface area (TPSA) is 86.7 Å². The van der Waals surface area contributed by atoms with Crippen molar-refractivity contribution in [2.24, 2.45) is 5.73 Å². The monoisotopic (exact) mass is 183 g/mol. The molecule has 0 spiro atoms. The molecule has 4 heteroatoms. The molecule has 13 heavy (non-hydrogen) atoms. The molecule has 5 N–H and O–H groups in total. The second kappa shape index (κ2) is 4.11. The van der Waals surface area contributed by atoms with E-state index in [9.17, 15) is 5.11 Å². The van der Waals surface area contributed by atoms with E-state index in [1.165, 1.54) is 18.2 Å². The largest absolute Gasteiger partial charge is 0.508 e. The van der Waals surface area contributed by atoms with Crippen LogP contribution in [0.25, 0.3) is 0 Å². The van der Waals surface area contributed by atoms with E-state index in [-0.39, 0.29) is 18.1 Å². The molecule has 0 aromatic heterocycles. The number of aliphatic hydroxyl groups is 1. The second-order valence-corrected chi connectivity index (χ2v) is 2.86. The van der Waals surface area contributed by atoms with Crippen molar-refractivity contribution in [3.63, 3.8) is 0 Å². The first-order valence-electron chi connectivity index (χ1n) is 4.03. The van der Waals surface area contributed by atoms with Gasteiger partial charge in [-0.05, 0) is 24.6 Å². The molecule has 1 unspecified atom stereocenters. The van der Waals surface area contributed by atoms with Gasteiger partial charge in [-0.25, -0.2) is 0 Å². The van der Waals surface area contributed by atoms with E-state index >= 15 is 0 Å². The molecule has 4 nitrogen and oxygen atoms in total. The summed E-state index contributed by atoms with van der Waals surface area (Å²) in [4.78, 5) is 0. The predicted molar refractivity (Wildman–Crippen MR) is 48.4 cm³/mol. The van der Waals surface area contributed by atoms with Crippen molar-refractivity contribution in [2.45, 2.75) is 12.5 Å². The summed E-state index contributed by atoms with van der Waals surface area (Å²) >= 11 is 0. The number of nitrogens with two attached hydrogens (primary N) is 1. The van der Waals surface area contributed by atoms with E-state index in [1.807, 2.05) is 0 Å². The van der Waals surface area contributed by atoms with Crippen LogP contribution in [0, 0.1) is 0 Å². The fourth-order valence-electron chi connectivity index (χ4n) is 1.13. The summed E-state index contributed by atoms with van der Waals surface area (Å²) in [6.45, 7) is -0.0454. The van der Waals surface area contributed by atoms with E-state index < -0.39 is 6.04 Å². The summed E-state index contributed by atoms with van der Waals surface area (Å²) in [7, 11) is 0. The van der Waals surface area contributed by atoms with Crippen LogP contribution in [0.2, 0.25) is 0 Å². The maximum absolute atomic E-state index is 9.36. The molecule has 72 valence electrons. The molecular weight excluding hydrogens is 170 g/mol. The van der Waals surface area contributed by atoms with Crippen molar-refractivity contribution in [1.82, 2.24) is 0 Å². The summed E-state index contributed by atoms with van der Waals surface area (Å²) in [6, 6.07) is 3.71. The molecule has 1 aromatic carbocycles. The van der Waals surface area contributed by atoms with Crippen LogP contribution in [0.5, 0.6) is 11.5 Å². The smallest absolute Gasteiger partial charge is 0.120 e. The van der Waals surface area contributed by atoms with Gasteiger partial charge in [0, 0.05) is 18.2 Å². The highest BCUT2D eigenvalue weighted by atomic mass is 16.3. The standard InChI is InChI=1S/C9H13NO3/c10-8(3-4-11)7-5-6(12)1-2-9(7)13/h1-2,5,8,11-13H,3-4,10H2. The Labute approximate surface area is 76.2 Å². The molecule has 0 aliphatic carbocycles. The van der Waals surface area contributed by atoms with E-state index in [4.69, 9.17) is 15.9 Å². The molecule has 1 atom stereocenters. The van der Waals surface area contributed by atoms with E-state index in [1.54, 1.807) is 0 Å². The normalized spacial score (nSPS) is 12.8. The summed E-state index contributed by atoms with van der Waals surface area (Å²) in [5.74, 6) is 0.0972. The quantitative estimate of drug-likeness (QED) is 0.513. The van der Waals surface area contributed by atoms with Gasteiger partial charge in [0.1, 0.15) is 11.5 Å². The maximum Gasteiger partial charge on any atom is 0.120 e. The van der Waals surface area contributed by atoms with Gasteiger partial charge in [-0.15, -0.1) is 0 Å². The molecule has 0 saturated heterocycles. The third-order valence-electron chi connectivity index (χ3n) is 1.85. The minimum atomic E-state index is -0.447. The summed E-state index contributed by atoms with van der Waals surface area (Å²) < 4.78 is 0. The molecule has 0 amide bonds. The van der Waals surface area contributed by atoms with Crippen LogP contribution in [0.15, 0.2) is 18.2 Å². The molecular formula is C9H13NO3. The minimum Gasteiger partial charge on any atom is -0.508 e. The predicted octanol–water partition coefficient (Wildman–Crippen LogP) is 0.480. The van der Waals surface area contributed by atoms with Crippen LogP contribution in [0.4, 0.5) is 0 Å². The molecule has 0 radical (unpaired) electrons. The van der Waals surface area contributed by atoms with E-state index in [2.05, 4.69) is 0 Å². The molecule has 0 saturated carbocycles. The lowest BCUT2D eigenvalue weighted by Crippen LogP contribution is -2.11. The van der Waals surface area contributed by atoms with Crippen molar-refractivity contribution in [2.75, 3.05) is 6.61 Å². The number of phenolic OH excluding ortho intramolecular Hbond substituents is 2. The fourth-order valence-corrected chi connectivity index (χ4v) is 1.13. The Kier molecular flexibility index (Phi) is 3.11. The fraction of sp³-hybridized carbons (Fsp3) is 0.333. The van der Waals surface area contributed by atoms with E-state index in [0.29, 0.717) is 12.0 Å². The van der Waals surface area contributed by atoms with Gasteiger partial charge in [0.2, 0.25) is 0 Å². The zero-order chi connectivity index (χ0) is 9.84. The number of hydrogen-bond acceptors (Lipinski definition) is 4. The Balaban J connectivity index is 2.91. The lowest BCUT2D eigenvalue weighted by Gasteiger charge is -2.12. The SMILES string of the molecule is NC(CCO)c1cc(O)ccc1O. The Hall–Kier alpha value is -1.26. The second-order valence-electron chi connectivity index (χ2n) is 2.86. The number of aliphatic hydroxyl groups excluding tert-OH is 1. The van der Waals surface area contributed by atoms with Gasteiger partial charge >= 0.3 is 0 Å². The number of rotatable bonds is 3. The summed E-state index contributed by atoms with van der Waals surface area (Å²) in [5, 5.41) is 27.1. The van der Waals surface area contributed by atoms with Gasteiger partial charge in [0.05, 0.1) is 0 Å². The highest BCUT2D eigenvalue weighted by molar-refractivity contribution is 5.40. The Morgan fingerprint density at radius 2 is 2.00 bits per heavy atom. The molecule has 1 rings (SSSR count). The molecule has 0 bridgehead atoms. The average Bonchev–Trinajstić information content (AvgIpc) is 2.09. The average molecular weight is 183 g/mol.